The monoisotopic (exact) mass is 326 g/mol. The molecule has 1 heterocycles. The second-order valence-electron chi connectivity index (χ2n) is 5.31. The van der Waals surface area contributed by atoms with E-state index in [1.54, 1.807) is 0 Å². The zero-order valence-corrected chi connectivity index (χ0v) is 11.8. The molecule has 0 aliphatic carbocycles. The van der Waals surface area contributed by atoms with Crippen LogP contribution in [0.1, 0.15) is 6.92 Å². The van der Waals surface area contributed by atoms with Crippen molar-refractivity contribution in [2.75, 3.05) is 6.61 Å². The summed E-state index contributed by atoms with van der Waals surface area (Å²) >= 11 is 0. The molecule has 1 saturated heterocycles. The molecule has 0 aromatic rings. The van der Waals surface area contributed by atoms with Crippen molar-refractivity contribution in [1.82, 2.24) is 0 Å². The number of Topliss-reactive ketones (excluding diaryl/α,β-unsaturated/α-hetero) is 1. The maximum absolute atomic E-state index is 12.0. The number of hydrogen-bond donors (Lipinski definition) is 8. The van der Waals surface area contributed by atoms with Crippen LogP contribution in [0.3, 0.4) is 0 Å². The number of hydrogen-bond acceptors (Lipinski definition) is 10. The molecule has 8 N–H and O–H groups in total. The highest BCUT2D eigenvalue weighted by atomic mass is 16.5. The van der Waals surface area contributed by atoms with Crippen LogP contribution in [0.4, 0.5) is 0 Å². The molecule has 1 aliphatic rings. The van der Waals surface area contributed by atoms with Crippen LogP contribution >= 0.6 is 0 Å². The van der Waals surface area contributed by atoms with E-state index in [0.29, 0.717) is 0 Å². The van der Waals surface area contributed by atoms with Gasteiger partial charge >= 0.3 is 0 Å². The maximum Gasteiger partial charge on any atom is 0.195 e. The summed E-state index contributed by atoms with van der Waals surface area (Å²) in [5, 5.41) is 75.4. The van der Waals surface area contributed by atoms with Gasteiger partial charge in [-0.25, -0.2) is 0 Å². The number of ketones is 1. The Balaban J connectivity index is 2.81. The van der Waals surface area contributed by atoms with Crippen molar-refractivity contribution in [2.45, 2.75) is 61.9 Å². The second kappa shape index (κ2) is 7.73. The van der Waals surface area contributed by atoms with E-state index in [1.165, 1.54) is 6.92 Å². The highest BCUT2D eigenvalue weighted by Gasteiger charge is 2.48. The third-order valence-corrected chi connectivity index (χ3v) is 3.68. The number of carbonyl (C=O) groups excluding carboxylic acids is 1. The minimum absolute atomic E-state index is 0.913. The van der Waals surface area contributed by atoms with Crippen LogP contribution in [0.5, 0.6) is 0 Å². The van der Waals surface area contributed by atoms with Gasteiger partial charge in [-0.3, -0.25) is 4.79 Å². The summed E-state index contributed by atoms with van der Waals surface area (Å²) in [7, 11) is 0. The van der Waals surface area contributed by atoms with Gasteiger partial charge in [-0.1, -0.05) is 0 Å². The van der Waals surface area contributed by atoms with Crippen molar-refractivity contribution in [3.05, 3.63) is 0 Å². The first-order chi connectivity index (χ1) is 10.1. The van der Waals surface area contributed by atoms with Gasteiger partial charge in [-0.05, 0) is 6.92 Å². The van der Waals surface area contributed by atoms with E-state index in [2.05, 4.69) is 0 Å². The fourth-order valence-corrected chi connectivity index (χ4v) is 2.15. The van der Waals surface area contributed by atoms with Crippen LogP contribution in [0.2, 0.25) is 0 Å². The summed E-state index contributed by atoms with van der Waals surface area (Å²) in [5.41, 5.74) is 0. The van der Waals surface area contributed by atoms with Gasteiger partial charge in [0, 0.05) is 0 Å². The van der Waals surface area contributed by atoms with E-state index < -0.39 is 67.3 Å². The number of ether oxygens (including phenoxy) is 1. The van der Waals surface area contributed by atoms with Crippen molar-refractivity contribution in [2.24, 2.45) is 0 Å². The third kappa shape index (κ3) is 3.79. The van der Waals surface area contributed by atoms with Crippen LogP contribution in [-0.4, -0.2) is 108 Å². The van der Waals surface area contributed by atoms with Gasteiger partial charge in [0.2, 0.25) is 0 Å². The zero-order valence-electron chi connectivity index (χ0n) is 11.8. The quantitative estimate of drug-likeness (QED) is 0.234. The van der Waals surface area contributed by atoms with Crippen molar-refractivity contribution in [1.29, 1.82) is 0 Å². The lowest BCUT2D eigenvalue weighted by Crippen LogP contribution is -2.62. The van der Waals surface area contributed by atoms with Crippen LogP contribution in [-0.2, 0) is 9.53 Å². The Kier molecular flexibility index (Phi) is 6.80. The molecule has 22 heavy (non-hydrogen) atoms. The molecule has 1 fully saturated rings. The number of aliphatic hydroxyl groups excluding tert-OH is 8. The molecule has 10 heteroatoms. The van der Waals surface area contributed by atoms with Gasteiger partial charge in [-0.15, -0.1) is 0 Å². The van der Waals surface area contributed by atoms with Gasteiger partial charge < -0.3 is 45.6 Å². The van der Waals surface area contributed by atoms with Crippen LogP contribution in [0.15, 0.2) is 0 Å². The largest absolute Gasteiger partial charge is 0.394 e. The first-order valence-corrected chi connectivity index (χ1v) is 6.70. The molecule has 0 aromatic heterocycles. The number of carbonyl (C=O) groups is 1. The highest BCUT2D eigenvalue weighted by Crippen LogP contribution is 2.23. The first kappa shape index (κ1) is 19.4. The van der Waals surface area contributed by atoms with Crippen LogP contribution < -0.4 is 0 Å². The Hall–Kier alpha value is -0.690. The molecule has 0 spiro atoms. The van der Waals surface area contributed by atoms with Gasteiger partial charge in [-0.2, -0.15) is 0 Å². The van der Waals surface area contributed by atoms with Gasteiger partial charge in [0.05, 0.1) is 12.7 Å². The Labute approximate surface area is 125 Å². The summed E-state index contributed by atoms with van der Waals surface area (Å²) in [5.74, 6) is -1.25. The SMILES string of the molecule is C[C@@H]1O[C@@H](C(=O)[C@H](O)[C@@H](O)[C@H](O)[C@H](O)CO)[C@H](O)[C@H](O)[C@H]1O. The van der Waals surface area contributed by atoms with Crippen LogP contribution in [0, 0.1) is 0 Å². The fourth-order valence-electron chi connectivity index (χ4n) is 2.15. The lowest BCUT2D eigenvalue weighted by Gasteiger charge is -2.39. The van der Waals surface area contributed by atoms with Crippen molar-refractivity contribution in [3.63, 3.8) is 0 Å². The molecule has 1 aliphatic heterocycles. The van der Waals surface area contributed by atoms with Gasteiger partial charge in [0.25, 0.3) is 0 Å². The number of rotatable bonds is 6. The summed E-state index contributed by atoms with van der Waals surface area (Å²) < 4.78 is 5.01. The van der Waals surface area contributed by atoms with Gasteiger partial charge in [0.1, 0.15) is 48.8 Å². The third-order valence-electron chi connectivity index (χ3n) is 3.68. The summed E-state index contributed by atoms with van der Waals surface area (Å²) in [6, 6.07) is 0. The number of aliphatic hydroxyl groups is 8. The van der Waals surface area contributed by atoms with Crippen molar-refractivity contribution in [3.8, 4) is 0 Å². The summed E-state index contributed by atoms with van der Waals surface area (Å²) in [6.07, 6.45) is -16.0. The van der Waals surface area contributed by atoms with Crippen molar-refractivity contribution < 1.29 is 50.4 Å². The van der Waals surface area contributed by atoms with E-state index >= 15 is 0 Å². The molecule has 0 radical (unpaired) electrons. The second-order valence-corrected chi connectivity index (χ2v) is 5.31. The van der Waals surface area contributed by atoms with Crippen molar-refractivity contribution >= 4 is 5.78 Å². The molecule has 0 saturated carbocycles. The maximum atomic E-state index is 12.0. The van der Waals surface area contributed by atoms with E-state index in [9.17, 15) is 40.5 Å². The molecule has 0 amide bonds. The Bertz CT molecular complexity index is 377. The zero-order chi connectivity index (χ0) is 17.2. The average molecular weight is 326 g/mol. The molecule has 0 aromatic carbocycles. The first-order valence-electron chi connectivity index (χ1n) is 6.70. The minimum Gasteiger partial charge on any atom is -0.394 e. The minimum atomic E-state index is -2.24. The average Bonchev–Trinajstić information content (AvgIpc) is 2.52. The lowest BCUT2D eigenvalue weighted by atomic mass is 9.89. The standard InChI is InChI=1S/C12H22O10/c1-3-5(15)7(17)10(20)12(22-3)11(21)9(19)8(18)6(16)4(14)2-13/h3-10,12-20H,2H2,1H3/t3-,4+,5-,6+,7+,8-,9+,10+,12+/m0/s1. The molecule has 1 rings (SSSR count). The molecule has 9 atom stereocenters. The van der Waals surface area contributed by atoms with E-state index in [0.717, 1.165) is 0 Å². The molecular weight excluding hydrogens is 304 g/mol. The lowest BCUT2D eigenvalue weighted by molar-refractivity contribution is -0.221. The highest BCUT2D eigenvalue weighted by molar-refractivity contribution is 5.88. The van der Waals surface area contributed by atoms with E-state index in [-0.39, 0.29) is 0 Å². The summed E-state index contributed by atoms with van der Waals surface area (Å²) in [4.78, 5) is 12.0. The van der Waals surface area contributed by atoms with Crippen LogP contribution in [0.25, 0.3) is 0 Å². The molecule has 0 unspecified atom stereocenters. The van der Waals surface area contributed by atoms with Gasteiger partial charge in [0.15, 0.2) is 5.78 Å². The molecule has 10 nitrogen and oxygen atoms in total. The Morgan fingerprint density at radius 1 is 1.00 bits per heavy atom. The summed E-state index contributed by atoms with van der Waals surface area (Å²) in [6.45, 7) is 0.414. The van der Waals surface area contributed by atoms with E-state index in [4.69, 9.17) is 9.84 Å². The fraction of sp³-hybridized carbons (Fsp3) is 0.917. The smallest absolute Gasteiger partial charge is 0.195 e. The Morgan fingerprint density at radius 2 is 1.55 bits per heavy atom. The Morgan fingerprint density at radius 3 is 2.05 bits per heavy atom. The predicted molar refractivity (Wildman–Crippen MR) is 68.5 cm³/mol. The predicted octanol–water partition coefficient (Wildman–Crippen LogP) is -5.14. The topological polar surface area (TPSA) is 188 Å². The molecule has 130 valence electrons. The molecular formula is C12H22O10. The van der Waals surface area contributed by atoms with E-state index in [1.807, 2.05) is 0 Å². The normalized spacial score (nSPS) is 38.1. The molecule has 0 bridgehead atoms.